The first kappa shape index (κ1) is 9.97. The summed E-state index contributed by atoms with van der Waals surface area (Å²) >= 11 is 0. The van der Waals surface area contributed by atoms with Gasteiger partial charge < -0.3 is 10.2 Å². The minimum Gasteiger partial charge on any atom is -0.504 e. The highest BCUT2D eigenvalue weighted by Crippen LogP contribution is 2.28. The molecule has 2 rings (SSSR count). The van der Waals surface area contributed by atoms with Crippen LogP contribution in [0.25, 0.3) is 0 Å². The number of aromatic hydroxyl groups is 1. The van der Waals surface area contributed by atoms with Crippen LogP contribution in [0.1, 0.15) is 29.5 Å². The number of carboxylic acids is 1. The molecule has 1 aromatic heterocycles. The zero-order chi connectivity index (χ0) is 11.0. The van der Waals surface area contributed by atoms with Crippen LogP contribution in [0.5, 0.6) is 5.75 Å². The predicted molar refractivity (Wildman–Crippen MR) is 51.8 cm³/mol. The molecule has 6 nitrogen and oxygen atoms in total. The van der Waals surface area contributed by atoms with Crippen molar-refractivity contribution in [2.24, 2.45) is 0 Å². The summed E-state index contributed by atoms with van der Waals surface area (Å²) < 4.78 is 1.38. The van der Waals surface area contributed by atoms with E-state index in [4.69, 9.17) is 5.11 Å². The van der Waals surface area contributed by atoms with E-state index in [0.29, 0.717) is 0 Å². The average Bonchev–Trinajstić information content (AvgIpc) is 2.71. The number of hydrogen-bond donors (Lipinski definition) is 2. The Morgan fingerprint density at radius 3 is 2.93 bits per heavy atom. The number of aromatic nitrogens is 2. The molecule has 0 aromatic carbocycles. The summed E-state index contributed by atoms with van der Waals surface area (Å²) in [6.07, 6.45) is 2.99. The third kappa shape index (κ3) is 1.56. The lowest BCUT2D eigenvalue weighted by Crippen LogP contribution is -2.26. The summed E-state index contributed by atoms with van der Waals surface area (Å²) in [5.41, 5.74) is -0.131. The first-order valence-electron chi connectivity index (χ1n) is 4.81. The van der Waals surface area contributed by atoms with Gasteiger partial charge in [-0.15, -0.1) is 0 Å². The smallest absolute Gasteiger partial charge is 0.358 e. The molecule has 1 unspecified atom stereocenters. The van der Waals surface area contributed by atoms with Crippen molar-refractivity contribution in [3.63, 3.8) is 0 Å². The van der Waals surface area contributed by atoms with Gasteiger partial charge in [0.25, 0.3) is 0 Å². The third-order valence-corrected chi connectivity index (χ3v) is 2.74. The second-order valence-corrected chi connectivity index (χ2v) is 3.73. The highest BCUT2D eigenvalue weighted by Gasteiger charge is 2.28. The average molecular weight is 211 g/mol. The number of hydrogen-bond acceptors (Lipinski definition) is 4. The maximum Gasteiger partial charge on any atom is 0.358 e. The number of carboxylic acid groups (broad SMARTS) is 1. The van der Waals surface area contributed by atoms with Crippen molar-refractivity contribution in [1.29, 1.82) is 0 Å². The van der Waals surface area contributed by atoms with Gasteiger partial charge in [-0.25, -0.2) is 9.48 Å². The van der Waals surface area contributed by atoms with Crippen molar-refractivity contribution in [3.05, 3.63) is 11.9 Å². The van der Waals surface area contributed by atoms with Gasteiger partial charge >= 0.3 is 5.97 Å². The molecule has 2 N–H and O–H groups in total. The van der Waals surface area contributed by atoms with Crippen LogP contribution >= 0.6 is 0 Å². The highest BCUT2D eigenvalue weighted by atomic mass is 16.4. The van der Waals surface area contributed by atoms with E-state index in [9.17, 15) is 9.90 Å². The molecule has 1 fully saturated rings. The van der Waals surface area contributed by atoms with Crippen molar-refractivity contribution in [3.8, 4) is 5.75 Å². The summed E-state index contributed by atoms with van der Waals surface area (Å²) in [6, 6.07) is 0. The molecule has 1 aliphatic rings. The van der Waals surface area contributed by atoms with Crippen LogP contribution < -0.4 is 0 Å². The van der Waals surface area contributed by atoms with Crippen LogP contribution in [0.3, 0.4) is 0 Å². The van der Waals surface area contributed by atoms with E-state index in [0.717, 1.165) is 19.4 Å². The lowest BCUT2D eigenvalue weighted by atomic mass is 10.3. The third-order valence-electron chi connectivity index (χ3n) is 2.74. The minimum absolute atomic E-state index is 0.0583. The van der Waals surface area contributed by atoms with Gasteiger partial charge in [0.2, 0.25) is 0 Å². The van der Waals surface area contributed by atoms with Gasteiger partial charge in [0.1, 0.15) is 6.17 Å². The summed E-state index contributed by atoms with van der Waals surface area (Å²) in [5.74, 6) is -1.42. The van der Waals surface area contributed by atoms with E-state index in [1.54, 1.807) is 0 Å². The Kier molecular flexibility index (Phi) is 2.36. The van der Waals surface area contributed by atoms with E-state index < -0.39 is 5.97 Å². The molecule has 1 atom stereocenters. The fraction of sp³-hybridized carbons (Fsp3) is 0.556. The van der Waals surface area contributed by atoms with Crippen LogP contribution in [0, 0.1) is 0 Å². The van der Waals surface area contributed by atoms with Gasteiger partial charge in [-0.2, -0.15) is 5.10 Å². The van der Waals surface area contributed by atoms with Crippen LogP contribution in [0.15, 0.2) is 6.20 Å². The fourth-order valence-electron chi connectivity index (χ4n) is 1.99. The number of aromatic carboxylic acids is 1. The molecule has 82 valence electrons. The Balaban J connectivity index is 2.39. The quantitative estimate of drug-likeness (QED) is 0.745. The number of likely N-dealkylation sites (tertiary alicyclic amines) is 1. The second-order valence-electron chi connectivity index (χ2n) is 3.73. The van der Waals surface area contributed by atoms with Gasteiger partial charge in [0, 0.05) is 0 Å². The van der Waals surface area contributed by atoms with Crippen LogP contribution in [-0.2, 0) is 0 Å². The number of nitrogens with zero attached hydrogens (tertiary/aromatic N) is 3. The SMILES string of the molecule is CN1CCCC1n1ncc(O)c1C(=O)O. The molecule has 0 aliphatic carbocycles. The van der Waals surface area contributed by atoms with Crippen molar-refractivity contribution < 1.29 is 15.0 Å². The van der Waals surface area contributed by atoms with Crippen molar-refractivity contribution in [2.75, 3.05) is 13.6 Å². The largest absolute Gasteiger partial charge is 0.504 e. The summed E-state index contributed by atoms with van der Waals surface area (Å²) in [5, 5.41) is 22.2. The number of carbonyl (C=O) groups is 1. The van der Waals surface area contributed by atoms with E-state index >= 15 is 0 Å². The summed E-state index contributed by atoms with van der Waals surface area (Å²) in [6.45, 7) is 0.921. The van der Waals surface area contributed by atoms with Gasteiger partial charge in [-0.05, 0) is 26.4 Å². The van der Waals surface area contributed by atoms with E-state index in [1.807, 2.05) is 11.9 Å². The first-order valence-corrected chi connectivity index (χ1v) is 4.81. The molecule has 0 bridgehead atoms. The summed E-state index contributed by atoms with van der Waals surface area (Å²) in [7, 11) is 1.92. The Morgan fingerprint density at radius 1 is 1.67 bits per heavy atom. The molecule has 15 heavy (non-hydrogen) atoms. The Bertz CT molecular complexity index is 388. The van der Waals surface area contributed by atoms with Crippen molar-refractivity contribution >= 4 is 5.97 Å². The molecule has 1 aromatic rings. The topological polar surface area (TPSA) is 78.6 Å². The van der Waals surface area contributed by atoms with Crippen LogP contribution in [-0.4, -0.2) is 44.5 Å². The standard InChI is InChI=1S/C9H13N3O3/c1-11-4-2-3-7(11)12-8(9(14)15)6(13)5-10-12/h5,7,13H,2-4H2,1H3,(H,14,15). The molecule has 0 spiro atoms. The lowest BCUT2D eigenvalue weighted by molar-refractivity contribution is 0.0667. The summed E-state index contributed by atoms with van der Waals surface area (Å²) in [4.78, 5) is 13.0. The van der Waals surface area contributed by atoms with Crippen molar-refractivity contribution in [2.45, 2.75) is 19.0 Å². The van der Waals surface area contributed by atoms with E-state index in [2.05, 4.69) is 5.10 Å². The maximum absolute atomic E-state index is 10.9. The highest BCUT2D eigenvalue weighted by molar-refractivity contribution is 5.88. The predicted octanol–water partition coefficient (Wildman–Crippen LogP) is 0.511. The normalized spacial score (nSPS) is 22.1. The molecule has 1 aliphatic heterocycles. The van der Waals surface area contributed by atoms with E-state index in [-0.39, 0.29) is 17.6 Å². The van der Waals surface area contributed by atoms with Crippen LogP contribution in [0.4, 0.5) is 0 Å². The second kappa shape index (κ2) is 3.54. The van der Waals surface area contributed by atoms with Crippen LogP contribution in [0.2, 0.25) is 0 Å². The molecule has 6 heteroatoms. The number of rotatable bonds is 2. The van der Waals surface area contributed by atoms with Gasteiger partial charge in [-0.3, -0.25) is 4.90 Å². The van der Waals surface area contributed by atoms with E-state index in [1.165, 1.54) is 10.9 Å². The van der Waals surface area contributed by atoms with Gasteiger partial charge in [0.05, 0.1) is 6.20 Å². The molecular formula is C9H13N3O3. The fourth-order valence-corrected chi connectivity index (χ4v) is 1.99. The Labute approximate surface area is 86.7 Å². The van der Waals surface area contributed by atoms with Crippen molar-refractivity contribution in [1.82, 2.24) is 14.7 Å². The molecule has 0 radical (unpaired) electrons. The minimum atomic E-state index is -1.15. The monoisotopic (exact) mass is 211 g/mol. The van der Waals surface area contributed by atoms with Gasteiger partial charge in [0.15, 0.2) is 11.4 Å². The lowest BCUT2D eigenvalue weighted by Gasteiger charge is -2.20. The molecule has 0 saturated carbocycles. The molecule has 0 amide bonds. The molecule has 2 heterocycles. The zero-order valence-electron chi connectivity index (χ0n) is 8.42. The Morgan fingerprint density at radius 2 is 2.40 bits per heavy atom. The zero-order valence-corrected chi connectivity index (χ0v) is 8.42. The molecular weight excluding hydrogens is 198 g/mol. The maximum atomic E-state index is 10.9. The Hall–Kier alpha value is -1.56. The first-order chi connectivity index (χ1) is 7.11. The van der Waals surface area contributed by atoms with Gasteiger partial charge in [-0.1, -0.05) is 0 Å². The molecule has 1 saturated heterocycles.